The zero-order valence-corrected chi connectivity index (χ0v) is 8.23. The summed E-state index contributed by atoms with van der Waals surface area (Å²) in [4.78, 5) is 0. The molecule has 3 atom stereocenters. The minimum absolute atomic E-state index is 0.0336. The highest BCUT2D eigenvalue weighted by atomic mass is 16.6. The molecule has 1 heterocycles. The largest absolute Gasteiger partial charge is 0.376 e. The smallest absolute Gasteiger partial charge is 0.157 e. The second kappa shape index (κ2) is 5.54. The SMILES string of the molecule is CCO[C@@H]1COC(O)C[C@H]1OCC. The zero-order chi connectivity index (χ0) is 9.68. The Morgan fingerprint density at radius 1 is 1.23 bits per heavy atom. The molecule has 78 valence electrons. The van der Waals surface area contributed by atoms with E-state index in [-0.39, 0.29) is 12.2 Å². The highest BCUT2D eigenvalue weighted by Crippen LogP contribution is 2.18. The molecule has 4 nitrogen and oxygen atoms in total. The molecule has 0 aromatic rings. The van der Waals surface area contributed by atoms with Crippen LogP contribution in [-0.4, -0.2) is 43.4 Å². The Labute approximate surface area is 78.8 Å². The summed E-state index contributed by atoms with van der Waals surface area (Å²) in [6, 6.07) is 0. The predicted molar refractivity (Wildman–Crippen MR) is 47.4 cm³/mol. The minimum atomic E-state index is -0.701. The molecular formula is C9H18O4. The Kier molecular flexibility index (Phi) is 4.66. The number of ether oxygens (including phenoxy) is 3. The van der Waals surface area contributed by atoms with Gasteiger partial charge in [-0.05, 0) is 13.8 Å². The van der Waals surface area contributed by atoms with Gasteiger partial charge in [0, 0.05) is 19.6 Å². The van der Waals surface area contributed by atoms with Crippen molar-refractivity contribution in [2.45, 2.75) is 38.8 Å². The number of hydrogen-bond acceptors (Lipinski definition) is 4. The summed E-state index contributed by atoms with van der Waals surface area (Å²) in [5.41, 5.74) is 0. The summed E-state index contributed by atoms with van der Waals surface area (Å²) in [6.07, 6.45) is -0.270. The van der Waals surface area contributed by atoms with Gasteiger partial charge >= 0.3 is 0 Å². The van der Waals surface area contributed by atoms with Gasteiger partial charge in [0.2, 0.25) is 0 Å². The van der Waals surface area contributed by atoms with Crippen molar-refractivity contribution in [3.05, 3.63) is 0 Å². The molecule has 1 N–H and O–H groups in total. The van der Waals surface area contributed by atoms with Crippen LogP contribution in [0.1, 0.15) is 20.3 Å². The molecule has 1 aliphatic heterocycles. The molecule has 0 bridgehead atoms. The van der Waals surface area contributed by atoms with Gasteiger partial charge in [-0.3, -0.25) is 0 Å². The van der Waals surface area contributed by atoms with E-state index in [4.69, 9.17) is 14.2 Å². The minimum Gasteiger partial charge on any atom is -0.376 e. The maximum Gasteiger partial charge on any atom is 0.157 e. The quantitative estimate of drug-likeness (QED) is 0.702. The fourth-order valence-electron chi connectivity index (χ4n) is 1.49. The summed E-state index contributed by atoms with van der Waals surface area (Å²) in [7, 11) is 0. The van der Waals surface area contributed by atoms with E-state index in [1.54, 1.807) is 0 Å². The van der Waals surface area contributed by atoms with Gasteiger partial charge in [0.1, 0.15) is 6.10 Å². The summed E-state index contributed by atoms with van der Waals surface area (Å²) in [6.45, 7) is 5.58. The van der Waals surface area contributed by atoms with E-state index in [0.29, 0.717) is 26.2 Å². The number of hydrogen-bond donors (Lipinski definition) is 1. The molecule has 0 aliphatic carbocycles. The van der Waals surface area contributed by atoms with Crippen molar-refractivity contribution in [1.29, 1.82) is 0 Å². The van der Waals surface area contributed by atoms with Gasteiger partial charge in [0.05, 0.1) is 12.7 Å². The number of aliphatic hydroxyl groups is 1. The lowest BCUT2D eigenvalue weighted by Crippen LogP contribution is -2.44. The van der Waals surface area contributed by atoms with Gasteiger partial charge in [-0.2, -0.15) is 0 Å². The number of aliphatic hydroxyl groups excluding tert-OH is 1. The molecular weight excluding hydrogens is 172 g/mol. The van der Waals surface area contributed by atoms with Crippen molar-refractivity contribution in [3.63, 3.8) is 0 Å². The first-order valence-electron chi connectivity index (χ1n) is 4.80. The maximum absolute atomic E-state index is 9.23. The summed E-state index contributed by atoms with van der Waals surface area (Å²) < 4.78 is 16.0. The Morgan fingerprint density at radius 2 is 1.85 bits per heavy atom. The predicted octanol–water partition coefficient (Wildman–Crippen LogP) is 0.535. The van der Waals surface area contributed by atoms with E-state index in [1.165, 1.54) is 0 Å². The van der Waals surface area contributed by atoms with Crippen molar-refractivity contribution >= 4 is 0 Å². The lowest BCUT2D eigenvalue weighted by Gasteiger charge is -2.33. The third-order valence-corrected chi connectivity index (χ3v) is 2.06. The topological polar surface area (TPSA) is 47.9 Å². The van der Waals surface area contributed by atoms with Crippen LogP contribution in [0.5, 0.6) is 0 Å². The molecule has 0 radical (unpaired) electrons. The van der Waals surface area contributed by atoms with Crippen LogP contribution >= 0.6 is 0 Å². The van der Waals surface area contributed by atoms with Crippen molar-refractivity contribution < 1.29 is 19.3 Å². The van der Waals surface area contributed by atoms with E-state index in [9.17, 15) is 5.11 Å². The van der Waals surface area contributed by atoms with Gasteiger partial charge in [0.25, 0.3) is 0 Å². The first kappa shape index (κ1) is 10.9. The Bertz CT molecular complexity index is 140. The molecule has 1 saturated heterocycles. The van der Waals surface area contributed by atoms with E-state index in [2.05, 4.69) is 0 Å². The second-order valence-electron chi connectivity index (χ2n) is 3.01. The molecule has 0 saturated carbocycles. The fraction of sp³-hybridized carbons (Fsp3) is 1.00. The van der Waals surface area contributed by atoms with Gasteiger partial charge in [-0.1, -0.05) is 0 Å². The van der Waals surface area contributed by atoms with E-state index >= 15 is 0 Å². The second-order valence-corrected chi connectivity index (χ2v) is 3.01. The van der Waals surface area contributed by atoms with Crippen LogP contribution in [0.15, 0.2) is 0 Å². The molecule has 1 unspecified atom stereocenters. The average Bonchev–Trinajstić information content (AvgIpc) is 2.10. The number of rotatable bonds is 4. The van der Waals surface area contributed by atoms with Crippen LogP contribution in [0.3, 0.4) is 0 Å². The lowest BCUT2D eigenvalue weighted by molar-refractivity contribution is -0.215. The molecule has 0 aromatic carbocycles. The van der Waals surface area contributed by atoms with Gasteiger partial charge in [-0.15, -0.1) is 0 Å². The first-order valence-corrected chi connectivity index (χ1v) is 4.80. The van der Waals surface area contributed by atoms with Crippen molar-refractivity contribution in [2.24, 2.45) is 0 Å². The highest BCUT2D eigenvalue weighted by molar-refractivity contribution is 4.76. The third kappa shape index (κ3) is 3.23. The fourth-order valence-corrected chi connectivity index (χ4v) is 1.49. The monoisotopic (exact) mass is 190 g/mol. The van der Waals surface area contributed by atoms with E-state index < -0.39 is 6.29 Å². The molecule has 1 rings (SSSR count). The molecule has 0 aromatic heterocycles. The standard InChI is InChI=1S/C9H18O4/c1-3-11-7-5-9(10)13-6-8(7)12-4-2/h7-10H,3-6H2,1-2H3/t7-,8-,9?/m1/s1. The lowest BCUT2D eigenvalue weighted by atomic mass is 10.1. The van der Waals surface area contributed by atoms with E-state index in [0.717, 1.165) is 0 Å². The Hall–Kier alpha value is -0.160. The van der Waals surface area contributed by atoms with Crippen molar-refractivity contribution in [1.82, 2.24) is 0 Å². The molecule has 13 heavy (non-hydrogen) atoms. The van der Waals surface area contributed by atoms with Crippen LogP contribution in [-0.2, 0) is 14.2 Å². The first-order chi connectivity index (χ1) is 6.27. The summed E-state index contributed by atoms with van der Waals surface area (Å²) in [5.74, 6) is 0. The van der Waals surface area contributed by atoms with Crippen molar-refractivity contribution in [2.75, 3.05) is 19.8 Å². The van der Waals surface area contributed by atoms with Crippen molar-refractivity contribution in [3.8, 4) is 0 Å². The van der Waals surface area contributed by atoms with Gasteiger partial charge in [-0.25, -0.2) is 0 Å². The Balaban J connectivity index is 2.40. The van der Waals surface area contributed by atoms with E-state index in [1.807, 2.05) is 13.8 Å². The maximum atomic E-state index is 9.23. The van der Waals surface area contributed by atoms with Crippen LogP contribution < -0.4 is 0 Å². The zero-order valence-electron chi connectivity index (χ0n) is 8.23. The summed E-state index contributed by atoms with van der Waals surface area (Å²) >= 11 is 0. The van der Waals surface area contributed by atoms with Gasteiger partial charge in [0.15, 0.2) is 6.29 Å². The molecule has 1 fully saturated rings. The third-order valence-electron chi connectivity index (χ3n) is 2.06. The normalized spacial score (nSPS) is 34.8. The summed E-state index contributed by atoms with van der Waals surface area (Å²) in [5, 5.41) is 9.23. The van der Waals surface area contributed by atoms with Crippen LogP contribution in [0.25, 0.3) is 0 Å². The average molecular weight is 190 g/mol. The van der Waals surface area contributed by atoms with Crippen LogP contribution in [0.4, 0.5) is 0 Å². The molecule has 1 aliphatic rings. The van der Waals surface area contributed by atoms with Gasteiger partial charge < -0.3 is 19.3 Å². The van der Waals surface area contributed by atoms with Crippen LogP contribution in [0.2, 0.25) is 0 Å². The molecule has 0 spiro atoms. The molecule has 0 amide bonds. The highest BCUT2D eigenvalue weighted by Gasteiger charge is 2.31. The van der Waals surface area contributed by atoms with Crippen LogP contribution in [0, 0.1) is 0 Å². The Morgan fingerprint density at radius 3 is 2.46 bits per heavy atom. The molecule has 4 heteroatoms.